The lowest BCUT2D eigenvalue weighted by Crippen LogP contribution is -2.44. The number of urea groups is 1. The third-order valence-electron chi connectivity index (χ3n) is 6.93. The van der Waals surface area contributed by atoms with Crippen molar-refractivity contribution < 1.29 is 14.3 Å². The van der Waals surface area contributed by atoms with Crippen LogP contribution < -0.4 is 29.9 Å². The van der Waals surface area contributed by atoms with Gasteiger partial charge in [0.25, 0.3) is 0 Å². The van der Waals surface area contributed by atoms with Gasteiger partial charge in [-0.3, -0.25) is 0 Å². The topological polar surface area (TPSA) is 95.1 Å². The minimum absolute atomic E-state index is 0.306. The van der Waals surface area contributed by atoms with Crippen LogP contribution in [-0.4, -0.2) is 68.3 Å². The number of piperazine rings is 1. The number of carbonyl (C=O) groups excluding carboxylic acids is 1. The van der Waals surface area contributed by atoms with Gasteiger partial charge >= 0.3 is 6.03 Å². The minimum atomic E-state index is -0.496. The lowest BCUT2D eigenvalue weighted by molar-refractivity contribution is 0.259. The van der Waals surface area contributed by atoms with Gasteiger partial charge in [0.05, 0.1) is 41.3 Å². The lowest BCUT2D eigenvalue weighted by atomic mass is 10.2. The van der Waals surface area contributed by atoms with Crippen molar-refractivity contribution in [1.29, 1.82) is 0 Å². The van der Waals surface area contributed by atoms with Crippen LogP contribution in [0.25, 0.3) is 0 Å². The van der Waals surface area contributed by atoms with Crippen LogP contribution in [0.15, 0.2) is 73.1 Å². The molecular weight excluding hydrogens is 577 g/mol. The highest BCUT2D eigenvalue weighted by atomic mass is 35.5. The molecule has 2 N–H and O–H groups in total. The second kappa shape index (κ2) is 13.2. The summed E-state index contributed by atoms with van der Waals surface area (Å²) < 4.78 is 10.8. The molecule has 4 aromatic rings. The molecular formula is C30H31Cl2N7O3. The number of hydrogen-bond donors (Lipinski definition) is 2. The fraction of sp³-hybridized carbons (Fsp3) is 0.233. The Morgan fingerprint density at radius 3 is 2.29 bits per heavy atom. The molecule has 12 heteroatoms. The quantitative estimate of drug-likeness (QED) is 0.229. The summed E-state index contributed by atoms with van der Waals surface area (Å²) in [7, 11) is 5.28. The highest BCUT2D eigenvalue weighted by Crippen LogP contribution is 2.35. The van der Waals surface area contributed by atoms with Gasteiger partial charge in [-0.15, -0.1) is 0 Å². The number of rotatable bonds is 8. The number of anilines is 6. The highest BCUT2D eigenvalue weighted by molar-refractivity contribution is 6.40. The largest absolute Gasteiger partial charge is 0.497 e. The van der Waals surface area contributed by atoms with Crippen LogP contribution in [-0.2, 0) is 0 Å². The molecule has 0 bridgehead atoms. The SMILES string of the molecule is COc1ccc(Nc2cc(N(C(=O)Nc3c(Cl)cccc3Cl)c3ccc(N4CCN(C)CC4)cc3)ncn2)c(OC)c1. The van der Waals surface area contributed by atoms with Gasteiger partial charge in [0, 0.05) is 44.0 Å². The van der Waals surface area contributed by atoms with Crippen molar-refractivity contribution in [2.75, 3.05) is 67.9 Å². The maximum atomic E-state index is 13.8. The van der Waals surface area contributed by atoms with Crippen molar-refractivity contribution in [1.82, 2.24) is 14.9 Å². The molecule has 1 saturated heterocycles. The second-order valence-corrected chi connectivity index (χ2v) is 10.4. The van der Waals surface area contributed by atoms with E-state index in [9.17, 15) is 4.79 Å². The number of ether oxygens (including phenoxy) is 2. The van der Waals surface area contributed by atoms with E-state index in [-0.39, 0.29) is 0 Å². The minimum Gasteiger partial charge on any atom is -0.497 e. The molecule has 1 aromatic heterocycles. The van der Waals surface area contributed by atoms with Crippen molar-refractivity contribution in [3.05, 3.63) is 83.1 Å². The van der Waals surface area contributed by atoms with Crippen LogP contribution >= 0.6 is 23.2 Å². The van der Waals surface area contributed by atoms with Crippen LogP contribution in [0.1, 0.15) is 0 Å². The lowest BCUT2D eigenvalue weighted by Gasteiger charge is -2.34. The zero-order chi connectivity index (χ0) is 29.6. The standard InChI is InChI=1S/C30H31Cl2N7O3/c1-37-13-15-38(16-14-37)20-7-9-21(10-8-20)39(30(40)36-29-23(31)5-4-6-24(29)32)28-18-27(33-19-34-28)35-25-12-11-22(41-2)17-26(25)42-3/h4-12,17-19H,13-16H2,1-3H3,(H,36,40)(H,33,34,35). The number of para-hydroxylation sites is 1. The zero-order valence-electron chi connectivity index (χ0n) is 23.5. The summed E-state index contributed by atoms with van der Waals surface area (Å²) in [5, 5.41) is 6.73. The van der Waals surface area contributed by atoms with Gasteiger partial charge in [0.1, 0.15) is 29.5 Å². The number of hydrogen-bond acceptors (Lipinski definition) is 8. The van der Waals surface area contributed by atoms with Crippen molar-refractivity contribution in [3.8, 4) is 11.5 Å². The molecule has 0 unspecified atom stereocenters. The van der Waals surface area contributed by atoms with Gasteiger partial charge in [0.2, 0.25) is 0 Å². The van der Waals surface area contributed by atoms with E-state index in [4.69, 9.17) is 32.7 Å². The van der Waals surface area contributed by atoms with E-state index in [1.165, 1.54) is 11.2 Å². The van der Waals surface area contributed by atoms with Crippen LogP contribution in [0, 0.1) is 0 Å². The van der Waals surface area contributed by atoms with E-state index in [2.05, 4.69) is 37.4 Å². The Kier molecular flexibility index (Phi) is 9.16. The number of methoxy groups -OCH3 is 2. The van der Waals surface area contributed by atoms with Gasteiger partial charge in [0.15, 0.2) is 0 Å². The Balaban J connectivity index is 1.48. The van der Waals surface area contributed by atoms with Crippen LogP contribution in [0.4, 0.5) is 39.2 Å². The molecule has 0 radical (unpaired) electrons. The molecule has 2 heterocycles. The van der Waals surface area contributed by atoms with E-state index in [0.29, 0.717) is 50.2 Å². The predicted molar refractivity (Wildman–Crippen MR) is 169 cm³/mol. The zero-order valence-corrected chi connectivity index (χ0v) is 25.0. The fourth-order valence-corrected chi connectivity index (χ4v) is 5.08. The summed E-state index contributed by atoms with van der Waals surface area (Å²) in [5.41, 5.74) is 2.65. The summed E-state index contributed by atoms with van der Waals surface area (Å²) in [6, 6.07) is 19.4. The maximum Gasteiger partial charge on any atom is 0.332 e. The molecule has 0 spiro atoms. The first-order valence-electron chi connectivity index (χ1n) is 13.3. The molecule has 1 aliphatic heterocycles. The van der Waals surface area contributed by atoms with Gasteiger partial charge in [-0.1, -0.05) is 29.3 Å². The summed E-state index contributed by atoms with van der Waals surface area (Å²) in [6.07, 6.45) is 1.38. The van der Waals surface area contributed by atoms with Crippen molar-refractivity contribution >= 4 is 63.6 Å². The molecule has 10 nitrogen and oxygen atoms in total. The average Bonchev–Trinajstić information content (AvgIpc) is 3.00. The van der Waals surface area contributed by atoms with E-state index in [1.807, 2.05) is 36.4 Å². The van der Waals surface area contributed by atoms with Gasteiger partial charge in [-0.05, 0) is 55.6 Å². The molecule has 0 saturated carbocycles. The Bertz CT molecular complexity index is 1530. The number of aromatic nitrogens is 2. The number of benzene rings is 3. The molecule has 0 atom stereocenters. The third-order valence-corrected chi connectivity index (χ3v) is 7.56. The van der Waals surface area contributed by atoms with Crippen molar-refractivity contribution in [3.63, 3.8) is 0 Å². The Morgan fingerprint density at radius 1 is 0.905 bits per heavy atom. The molecule has 218 valence electrons. The fourth-order valence-electron chi connectivity index (χ4n) is 4.59. The summed E-state index contributed by atoms with van der Waals surface area (Å²) >= 11 is 12.7. The summed E-state index contributed by atoms with van der Waals surface area (Å²) in [5.74, 6) is 2.00. The predicted octanol–water partition coefficient (Wildman–Crippen LogP) is 6.67. The van der Waals surface area contributed by atoms with Crippen molar-refractivity contribution in [2.24, 2.45) is 0 Å². The van der Waals surface area contributed by atoms with Crippen molar-refractivity contribution in [2.45, 2.75) is 0 Å². The Labute approximate surface area is 254 Å². The summed E-state index contributed by atoms with van der Waals surface area (Å²) in [6.45, 7) is 3.84. The average molecular weight is 609 g/mol. The van der Waals surface area contributed by atoms with Crippen LogP contribution in [0.2, 0.25) is 10.0 Å². The monoisotopic (exact) mass is 607 g/mol. The first-order valence-corrected chi connectivity index (χ1v) is 14.0. The van der Waals surface area contributed by atoms with Crippen LogP contribution in [0.3, 0.4) is 0 Å². The number of nitrogens with one attached hydrogen (secondary N) is 2. The first kappa shape index (κ1) is 29.2. The maximum absolute atomic E-state index is 13.8. The molecule has 1 aliphatic rings. The first-order chi connectivity index (χ1) is 20.4. The smallest absolute Gasteiger partial charge is 0.332 e. The Morgan fingerprint density at radius 2 is 1.62 bits per heavy atom. The van der Waals surface area contributed by atoms with Gasteiger partial charge < -0.3 is 29.9 Å². The molecule has 1 fully saturated rings. The second-order valence-electron chi connectivity index (χ2n) is 9.62. The van der Waals surface area contributed by atoms with Crippen LogP contribution in [0.5, 0.6) is 11.5 Å². The molecule has 5 rings (SSSR count). The van der Waals surface area contributed by atoms with E-state index in [1.54, 1.807) is 44.6 Å². The molecule has 42 heavy (non-hydrogen) atoms. The van der Waals surface area contributed by atoms with E-state index in [0.717, 1.165) is 31.9 Å². The van der Waals surface area contributed by atoms with Gasteiger partial charge in [-0.2, -0.15) is 0 Å². The van der Waals surface area contributed by atoms with E-state index >= 15 is 0 Å². The third kappa shape index (κ3) is 6.62. The molecule has 0 aliphatic carbocycles. The van der Waals surface area contributed by atoms with Gasteiger partial charge in [-0.25, -0.2) is 19.7 Å². The highest BCUT2D eigenvalue weighted by Gasteiger charge is 2.23. The number of carbonyl (C=O) groups is 1. The normalized spacial score (nSPS) is 13.4. The summed E-state index contributed by atoms with van der Waals surface area (Å²) in [4.78, 5) is 28.7. The molecule has 3 aromatic carbocycles. The number of halogens is 2. The number of amides is 2. The number of likely N-dealkylation sites (N-methyl/N-ethyl adjacent to an activating group) is 1. The molecule has 2 amide bonds. The Hall–Kier alpha value is -4.25. The number of nitrogens with zero attached hydrogens (tertiary/aromatic N) is 5. The van der Waals surface area contributed by atoms with E-state index < -0.39 is 6.03 Å².